The van der Waals surface area contributed by atoms with Crippen molar-refractivity contribution in [3.63, 3.8) is 0 Å². The molecule has 0 saturated carbocycles. The van der Waals surface area contributed by atoms with Crippen LogP contribution >= 0.6 is 0 Å². The lowest BCUT2D eigenvalue weighted by Crippen LogP contribution is -2.30. The predicted molar refractivity (Wildman–Crippen MR) is 64.8 cm³/mol. The number of aryl methyl sites for hydroxylation is 2. The molecular formula is C12H16N2O3. The maximum Gasteiger partial charge on any atom is 0.280 e. The first-order valence-corrected chi connectivity index (χ1v) is 5.36. The molecule has 2 N–H and O–H groups in total. The van der Waals surface area contributed by atoms with Crippen LogP contribution in [0.25, 0.3) is 0 Å². The largest absolute Gasteiger partial charge is 0.325 e. The van der Waals surface area contributed by atoms with E-state index in [1.165, 1.54) is 6.08 Å². The van der Waals surface area contributed by atoms with E-state index in [4.69, 9.17) is 4.84 Å². The van der Waals surface area contributed by atoms with Crippen molar-refractivity contribution in [3.05, 3.63) is 45.9 Å². The molecule has 0 radical (unpaired) electrons. The van der Waals surface area contributed by atoms with Crippen LogP contribution in [0.5, 0.6) is 0 Å². The molecule has 17 heavy (non-hydrogen) atoms. The number of carbonyl (C=O) groups is 1. The molecule has 0 aliphatic rings. The molecule has 0 aliphatic carbocycles. The van der Waals surface area contributed by atoms with Crippen molar-refractivity contribution in [2.45, 2.75) is 20.3 Å². The monoisotopic (exact) mass is 236 g/mol. The van der Waals surface area contributed by atoms with Crippen molar-refractivity contribution in [1.29, 1.82) is 0 Å². The number of amides is 1. The van der Waals surface area contributed by atoms with E-state index >= 15 is 0 Å². The summed E-state index contributed by atoms with van der Waals surface area (Å²) in [4.78, 5) is 30.7. The summed E-state index contributed by atoms with van der Waals surface area (Å²) in [6.45, 7) is 7.41. The lowest BCUT2D eigenvalue weighted by Gasteiger charge is -2.06. The number of hydrogen-bond acceptors (Lipinski definition) is 3. The molecule has 1 heterocycles. The van der Waals surface area contributed by atoms with Crippen LogP contribution in [-0.2, 0) is 11.3 Å². The maximum atomic E-state index is 11.6. The molecular weight excluding hydrogens is 220 g/mol. The molecule has 1 aromatic heterocycles. The van der Waals surface area contributed by atoms with Gasteiger partial charge in [0.05, 0.1) is 6.61 Å². The van der Waals surface area contributed by atoms with Crippen molar-refractivity contribution < 1.29 is 9.63 Å². The zero-order chi connectivity index (χ0) is 12.8. The minimum absolute atomic E-state index is 0.0452. The SMILES string of the molecule is C=CCONC(=O)c1cc(C)c(CC)[nH]c1=O. The summed E-state index contributed by atoms with van der Waals surface area (Å²) in [7, 11) is 0. The first-order chi connectivity index (χ1) is 8.10. The van der Waals surface area contributed by atoms with Gasteiger partial charge in [-0.1, -0.05) is 13.0 Å². The Morgan fingerprint density at radius 2 is 2.35 bits per heavy atom. The highest BCUT2D eigenvalue weighted by atomic mass is 16.6. The lowest BCUT2D eigenvalue weighted by atomic mass is 10.1. The maximum absolute atomic E-state index is 11.6. The number of aromatic nitrogens is 1. The summed E-state index contributed by atoms with van der Waals surface area (Å²) in [5.74, 6) is -0.557. The summed E-state index contributed by atoms with van der Waals surface area (Å²) in [5.41, 5.74) is 3.52. The smallest absolute Gasteiger partial charge is 0.280 e. The third kappa shape index (κ3) is 3.29. The normalized spacial score (nSPS) is 10.0. The van der Waals surface area contributed by atoms with Gasteiger partial charge in [-0.3, -0.25) is 14.4 Å². The second-order valence-electron chi connectivity index (χ2n) is 3.56. The van der Waals surface area contributed by atoms with E-state index in [1.54, 1.807) is 6.07 Å². The van der Waals surface area contributed by atoms with Crippen LogP contribution in [0.4, 0.5) is 0 Å². The number of hydrogen-bond donors (Lipinski definition) is 2. The average Bonchev–Trinajstić information content (AvgIpc) is 2.31. The van der Waals surface area contributed by atoms with Crippen molar-refractivity contribution >= 4 is 5.91 Å². The Morgan fingerprint density at radius 3 is 2.94 bits per heavy atom. The Balaban J connectivity index is 2.91. The second-order valence-corrected chi connectivity index (χ2v) is 3.56. The number of pyridine rings is 1. The van der Waals surface area contributed by atoms with E-state index in [-0.39, 0.29) is 12.2 Å². The molecule has 1 rings (SSSR count). The fourth-order valence-electron chi connectivity index (χ4n) is 1.43. The Labute approximate surface area is 99.5 Å². The van der Waals surface area contributed by atoms with Crippen LogP contribution in [0.2, 0.25) is 0 Å². The van der Waals surface area contributed by atoms with Crippen molar-refractivity contribution in [3.8, 4) is 0 Å². The average molecular weight is 236 g/mol. The van der Waals surface area contributed by atoms with Crippen LogP contribution in [0.15, 0.2) is 23.5 Å². The molecule has 0 unspecified atom stereocenters. The number of nitrogens with one attached hydrogen (secondary N) is 2. The highest BCUT2D eigenvalue weighted by Gasteiger charge is 2.12. The Bertz CT molecular complexity index is 477. The number of carbonyl (C=O) groups excluding carboxylic acids is 1. The van der Waals surface area contributed by atoms with Crippen molar-refractivity contribution in [2.75, 3.05) is 6.61 Å². The van der Waals surface area contributed by atoms with Gasteiger partial charge in [-0.05, 0) is 25.0 Å². The first-order valence-electron chi connectivity index (χ1n) is 5.36. The molecule has 0 fully saturated rings. The molecule has 5 nitrogen and oxygen atoms in total. The predicted octanol–water partition coefficient (Wildman–Crippen LogP) is 1.09. The lowest BCUT2D eigenvalue weighted by molar-refractivity contribution is 0.0420. The van der Waals surface area contributed by atoms with Gasteiger partial charge >= 0.3 is 0 Å². The molecule has 0 atom stereocenters. The van der Waals surface area contributed by atoms with E-state index in [0.717, 1.165) is 17.7 Å². The minimum atomic E-state index is -0.557. The van der Waals surface area contributed by atoms with Gasteiger partial charge in [0.1, 0.15) is 5.56 Å². The molecule has 1 amide bonds. The zero-order valence-corrected chi connectivity index (χ0v) is 10.0. The third-order valence-electron chi connectivity index (χ3n) is 2.31. The molecule has 0 spiro atoms. The summed E-state index contributed by atoms with van der Waals surface area (Å²) in [6.07, 6.45) is 2.21. The summed E-state index contributed by atoms with van der Waals surface area (Å²) >= 11 is 0. The molecule has 0 bridgehead atoms. The van der Waals surface area contributed by atoms with E-state index in [1.807, 2.05) is 13.8 Å². The summed E-state index contributed by atoms with van der Waals surface area (Å²) in [6, 6.07) is 1.56. The molecule has 0 saturated heterocycles. The highest BCUT2D eigenvalue weighted by molar-refractivity contribution is 5.93. The van der Waals surface area contributed by atoms with Crippen LogP contribution in [0, 0.1) is 6.92 Å². The first kappa shape index (κ1) is 13.2. The summed E-state index contributed by atoms with van der Waals surface area (Å²) in [5, 5.41) is 0. The van der Waals surface area contributed by atoms with Gasteiger partial charge in [-0.15, -0.1) is 6.58 Å². The van der Waals surface area contributed by atoms with E-state index in [2.05, 4.69) is 17.0 Å². The van der Waals surface area contributed by atoms with Crippen LogP contribution in [0.3, 0.4) is 0 Å². The Kier molecular flexibility index (Phi) is 4.66. The summed E-state index contributed by atoms with van der Waals surface area (Å²) < 4.78 is 0. The van der Waals surface area contributed by atoms with Gasteiger partial charge in [-0.25, -0.2) is 5.48 Å². The van der Waals surface area contributed by atoms with Crippen LogP contribution < -0.4 is 11.0 Å². The van der Waals surface area contributed by atoms with Gasteiger partial charge in [-0.2, -0.15) is 0 Å². The minimum Gasteiger partial charge on any atom is -0.325 e. The quantitative estimate of drug-likeness (QED) is 0.457. The Morgan fingerprint density at radius 1 is 1.65 bits per heavy atom. The van der Waals surface area contributed by atoms with Crippen molar-refractivity contribution in [2.24, 2.45) is 0 Å². The van der Waals surface area contributed by atoms with Crippen LogP contribution in [0.1, 0.15) is 28.5 Å². The number of aromatic amines is 1. The number of hydroxylamine groups is 1. The molecule has 0 aromatic carbocycles. The van der Waals surface area contributed by atoms with Gasteiger partial charge in [0.15, 0.2) is 0 Å². The highest BCUT2D eigenvalue weighted by Crippen LogP contribution is 2.04. The Hall–Kier alpha value is -1.88. The molecule has 92 valence electrons. The third-order valence-corrected chi connectivity index (χ3v) is 2.31. The van der Waals surface area contributed by atoms with E-state index in [9.17, 15) is 9.59 Å². The van der Waals surface area contributed by atoms with Crippen LogP contribution in [-0.4, -0.2) is 17.5 Å². The standard InChI is InChI=1S/C12H16N2O3/c1-4-6-17-14-12(16)9-7-8(3)10(5-2)13-11(9)15/h4,7H,1,5-6H2,2-3H3,(H,13,15)(H,14,16). The molecule has 1 aromatic rings. The number of H-pyrrole nitrogens is 1. The molecule has 5 heteroatoms. The van der Waals surface area contributed by atoms with Gasteiger partial charge in [0.2, 0.25) is 0 Å². The van der Waals surface area contributed by atoms with Gasteiger partial charge < -0.3 is 4.98 Å². The van der Waals surface area contributed by atoms with Crippen molar-refractivity contribution in [1.82, 2.24) is 10.5 Å². The fourth-order valence-corrected chi connectivity index (χ4v) is 1.43. The van der Waals surface area contributed by atoms with E-state index < -0.39 is 11.5 Å². The van der Waals surface area contributed by atoms with E-state index in [0.29, 0.717) is 0 Å². The number of rotatable bonds is 5. The van der Waals surface area contributed by atoms with Gasteiger partial charge in [0, 0.05) is 5.69 Å². The van der Waals surface area contributed by atoms with Gasteiger partial charge in [0.25, 0.3) is 11.5 Å². The zero-order valence-electron chi connectivity index (χ0n) is 10.0. The fraction of sp³-hybridized carbons (Fsp3) is 0.333. The second kappa shape index (κ2) is 6.00. The molecule has 0 aliphatic heterocycles. The topological polar surface area (TPSA) is 71.2 Å².